The van der Waals surface area contributed by atoms with E-state index < -0.39 is 17.7 Å². The van der Waals surface area contributed by atoms with Crippen LogP contribution in [0.3, 0.4) is 0 Å². The van der Waals surface area contributed by atoms with Gasteiger partial charge in [-0.2, -0.15) is 13.2 Å². The second-order valence-electron chi connectivity index (χ2n) is 5.47. The van der Waals surface area contributed by atoms with Crippen molar-refractivity contribution >= 4 is 45.6 Å². The molecule has 9 heteroatoms. The summed E-state index contributed by atoms with van der Waals surface area (Å²) in [4.78, 5) is 21.0. The molecule has 2 aromatic heterocycles. The van der Waals surface area contributed by atoms with Gasteiger partial charge in [0.05, 0.1) is 17.9 Å². The summed E-state index contributed by atoms with van der Waals surface area (Å²) in [6.45, 7) is 1.94. The summed E-state index contributed by atoms with van der Waals surface area (Å²) in [6.07, 6.45) is -1.38. The molecule has 0 amide bonds. The Morgan fingerprint density at radius 3 is 2.74 bits per heavy atom. The third kappa shape index (κ3) is 4.25. The van der Waals surface area contributed by atoms with Crippen LogP contribution in [0.25, 0.3) is 22.4 Å². The third-order valence-electron chi connectivity index (χ3n) is 3.56. The van der Waals surface area contributed by atoms with E-state index in [1.807, 2.05) is 0 Å². The Labute approximate surface area is 156 Å². The fourth-order valence-corrected chi connectivity index (χ4v) is 3.32. The summed E-state index contributed by atoms with van der Waals surface area (Å²) in [7, 11) is 0. The van der Waals surface area contributed by atoms with Crippen molar-refractivity contribution in [3.05, 3.63) is 52.0 Å². The van der Waals surface area contributed by atoms with Gasteiger partial charge in [-0.05, 0) is 36.8 Å². The van der Waals surface area contributed by atoms with Gasteiger partial charge < -0.3 is 10.5 Å². The molecule has 5 nitrogen and oxygen atoms in total. The number of ether oxygens (including phenoxy) is 1. The van der Waals surface area contributed by atoms with E-state index in [-0.39, 0.29) is 12.6 Å². The molecule has 0 spiro atoms. The number of carbonyl (C=O) groups is 1. The highest BCUT2D eigenvalue weighted by Gasteiger charge is 2.30. The van der Waals surface area contributed by atoms with E-state index in [1.165, 1.54) is 18.2 Å². The molecule has 3 rings (SSSR count). The van der Waals surface area contributed by atoms with E-state index >= 15 is 0 Å². The van der Waals surface area contributed by atoms with Gasteiger partial charge in [-0.1, -0.05) is 18.2 Å². The molecule has 0 saturated carbocycles. The first-order valence-electron chi connectivity index (χ1n) is 7.87. The summed E-state index contributed by atoms with van der Waals surface area (Å²) in [5.74, 6) is -0.477. The average Bonchev–Trinajstić information content (AvgIpc) is 3.03. The maximum atomic E-state index is 12.8. The van der Waals surface area contributed by atoms with Crippen molar-refractivity contribution in [2.24, 2.45) is 0 Å². The number of fused-ring (bicyclic) bond motifs is 1. The van der Waals surface area contributed by atoms with Gasteiger partial charge in [0, 0.05) is 5.39 Å². The Balaban J connectivity index is 1.99. The van der Waals surface area contributed by atoms with E-state index in [9.17, 15) is 18.0 Å². The number of thiophene rings is 1. The van der Waals surface area contributed by atoms with Crippen molar-refractivity contribution in [1.82, 2.24) is 9.97 Å². The van der Waals surface area contributed by atoms with Crippen molar-refractivity contribution in [2.45, 2.75) is 13.1 Å². The van der Waals surface area contributed by atoms with Crippen molar-refractivity contribution in [3.8, 4) is 0 Å². The molecule has 27 heavy (non-hydrogen) atoms. The number of nitrogens with zero attached hydrogens (tertiary/aromatic N) is 2. The molecule has 0 atom stereocenters. The molecular formula is C18H14F3N3O2S. The van der Waals surface area contributed by atoms with E-state index in [4.69, 9.17) is 10.5 Å². The monoisotopic (exact) mass is 393 g/mol. The van der Waals surface area contributed by atoms with Gasteiger partial charge in [0.25, 0.3) is 0 Å². The molecule has 0 aliphatic carbocycles. The quantitative estimate of drug-likeness (QED) is 0.654. The van der Waals surface area contributed by atoms with Crippen LogP contribution in [-0.4, -0.2) is 22.5 Å². The van der Waals surface area contributed by atoms with Crippen molar-refractivity contribution < 1.29 is 22.7 Å². The molecule has 0 saturated heterocycles. The Morgan fingerprint density at radius 2 is 2.04 bits per heavy atom. The molecular weight excluding hydrogens is 379 g/mol. The van der Waals surface area contributed by atoms with Gasteiger partial charge in [-0.25, -0.2) is 14.8 Å². The molecule has 1 aromatic carbocycles. The highest BCUT2D eigenvalue weighted by molar-refractivity contribution is 7.20. The van der Waals surface area contributed by atoms with E-state index in [2.05, 4.69) is 9.97 Å². The van der Waals surface area contributed by atoms with E-state index in [0.29, 0.717) is 26.4 Å². The average molecular weight is 393 g/mol. The zero-order valence-corrected chi connectivity index (χ0v) is 14.9. The second kappa shape index (κ2) is 7.36. The number of nitrogens with two attached hydrogens (primary N) is 1. The van der Waals surface area contributed by atoms with Crippen molar-refractivity contribution in [3.63, 3.8) is 0 Å². The highest BCUT2D eigenvalue weighted by Crippen LogP contribution is 2.31. The van der Waals surface area contributed by atoms with Crippen molar-refractivity contribution in [1.29, 1.82) is 0 Å². The largest absolute Gasteiger partial charge is 0.462 e. The molecule has 3 aromatic rings. The fraction of sp³-hybridized carbons (Fsp3) is 0.167. The van der Waals surface area contributed by atoms with Crippen LogP contribution in [0.5, 0.6) is 0 Å². The Hall–Kier alpha value is -2.94. The summed E-state index contributed by atoms with van der Waals surface area (Å²) in [5.41, 5.74) is 5.73. The number of carbonyl (C=O) groups excluding carboxylic acids is 1. The van der Waals surface area contributed by atoms with Gasteiger partial charge in [-0.3, -0.25) is 0 Å². The third-order valence-corrected chi connectivity index (χ3v) is 4.57. The maximum absolute atomic E-state index is 12.8. The number of hydrogen-bond acceptors (Lipinski definition) is 6. The Morgan fingerprint density at radius 1 is 1.26 bits per heavy atom. The van der Waals surface area contributed by atoms with Gasteiger partial charge in [0.15, 0.2) is 0 Å². The second-order valence-corrected chi connectivity index (χ2v) is 6.50. The lowest BCUT2D eigenvalue weighted by Gasteiger charge is -2.06. The minimum atomic E-state index is -4.42. The number of hydrogen-bond donors (Lipinski definition) is 1. The predicted molar refractivity (Wildman–Crippen MR) is 98.2 cm³/mol. The minimum absolute atomic E-state index is 0.00320. The number of esters is 1. The number of aromatic nitrogens is 2. The van der Waals surface area contributed by atoms with Crippen LogP contribution in [0, 0.1) is 0 Å². The molecule has 0 fully saturated rings. The molecule has 140 valence electrons. The van der Waals surface area contributed by atoms with Crippen LogP contribution in [0.15, 0.2) is 30.3 Å². The zero-order chi connectivity index (χ0) is 19.6. The number of benzene rings is 1. The predicted octanol–water partition coefficient (Wildman–Crippen LogP) is 4.64. The lowest BCUT2D eigenvalue weighted by molar-refractivity contribution is -0.137. The minimum Gasteiger partial charge on any atom is -0.462 e. The first-order valence-corrected chi connectivity index (χ1v) is 8.69. The molecule has 0 radical (unpaired) electrons. The lowest BCUT2D eigenvalue weighted by atomic mass is 10.1. The van der Waals surface area contributed by atoms with Gasteiger partial charge >= 0.3 is 12.1 Å². The van der Waals surface area contributed by atoms with Crippen LogP contribution < -0.4 is 5.73 Å². The fourth-order valence-electron chi connectivity index (χ4n) is 2.38. The van der Waals surface area contributed by atoms with E-state index in [0.717, 1.165) is 23.5 Å². The SMILES string of the molecule is CCOC(=O)c1cc2c(/C=C/c3cccc(C(F)(F)F)c3)nc(N)nc2s1. The molecule has 0 unspecified atom stereocenters. The van der Waals surface area contributed by atoms with Crippen LogP contribution in [-0.2, 0) is 10.9 Å². The first kappa shape index (κ1) is 18.8. The first-order chi connectivity index (χ1) is 12.8. The van der Waals surface area contributed by atoms with Gasteiger partial charge in [0.1, 0.15) is 9.71 Å². The molecule has 0 bridgehead atoms. The number of halogens is 3. The summed E-state index contributed by atoms with van der Waals surface area (Å²) >= 11 is 1.11. The maximum Gasteiger partial charge on any atom is 0.416 e. The van der Waals surface area contributed by atoms with Crippen LogP contribution in [0.1, 0.15) is 33.4 Å². The number of alkyl halides is 3. The summed E-state index contributed by atoms with van der Waals surface area (Å²) in [6, 6.07) is 6.50. The number of rotatable bonds is 4. The zero-order valence-electron chi connectivity index (χ0n) is 14.1. The van der Waals surface area contributed by atoms with Crippen LogP contribution in [0.4, 0.5) is 19.1 Å². The lowest BCUT2D eigenvalue weighted by Crippen LogP contribution is -2.04. The van der Waals surface area contributed by atoms with Crippen LogP contribution in [0.2, 0.25) is 0 Å². The molecule has 0 aliphatic heterocycles. The standard InChI is InChI=1S/C18H14F3N3O2S/c1-2-26-16(25)14-9-12-13(23-17(22)24-15(12)27-14)7-6-10-4-3-5-11(8-10)18(19,20)21/h3-9H,2H2,1H3,(H2,22,23,24)/b7-6+. The smallest absolute Gasteiger partial charge is 0.416 e. The normalized spacial score (nSPS) is 12.0. The summed E-state index contributed by atoms with van der Waals surface area (Å²) < 4.78 is 43.5. The molecule has 2 N–H and O–H groups in total. The number of anilines is 1. The van der Waals surface area contributed by atoms with Gasteiger partial charge in [0.2, 0.25) is 5.95 Å². The molecule has 2 heterocycles. The molecule has 0 aliphatic rings. The highest BCUT2D eigenvalue weighted by atomic mass is 32.1. The number of nitrogen functional groups attached to an aromatic ring is 1. The summed E-state index contributed by atoms with van der Waals surface area (Å²) in [5, 5.41) is 0.570. The Kier molecular flexibility index (Phi) is 5.13. The van der Waals surface area contributed by atoms with Gasteiger partial charge in [-0.15, -0.1) is 11.3 Å². The Bertz CT molecular complexity index is 1030. The van der Waals surface area contributed by atoms with Crippen LogP contribution >= 0.6 is 11.3 Å². The van der Waals surface area contributed by atoms with Crippen molar-refractivity contribution in [2.75, 3.05) is 12.3 Å². The topological polar surface area (TPSA) is 78.1 Å². The van der Waals surface area contributed by atoms with E-state index in [1.54, 1.807) is 19.1 Å².